The first-order valence-electron chi connectivity index (χ1n) is 11.9. The van der Waals surface area contributed by atoms with Crippen molar-refractivity contribution in [1.29, 1.82) is 0 Å². The number of hydrogen-bond donors (Lipinski definition) is 0. The van der Waals surface area contributed by atoms with Crippen molar-refractivity contribution in [3.05, 3.63) is 58.7 Å². The van der Waals surface area contributed by atoms with E-state index in [1.165, 1.54) is 11.4 Å². The number of aromatic nitrogens is 6. The van der Waals surface area contributed by atoms with E-state index in [9.17, 15) is 0 Å². The Morgan fingerprint density at radius 1 is 0.548 bits per heavy atom. The monoisotopic (exact) mass is 418 g/mol. The molecule has 0 aliphatic heterocycles. The largest absolute Gasteiger partial charge is 0.288 e. The number of hydrogen-bond acceptors (Lipinski definition) is 4. The van der Waals surface area contributed by atoms with Gasteiger partial charge in [0.2, 0.25) is 11.6 Å². The minimum atomic E-state index is 0.691. The maximum absolute atomic E-state index is 4.85. The molecule has 0 bridgehead atoms. The number of imidazole rings is 2. The van der Waals surface area contributed by atoms with Gasteiger partial charge in [0.15, 0.2) is 0 Å². The number of aryl methyl sites for hydroxylation is 4. The van der Waals surface area contributed by atoms with Crippen molar-refractivity contribution < 1.29 is 0 Å². The zero-order valence-electron chi connectivity index (χ0n) is 19.4. The smallest absolute Gasteiger partial charge is 0.234 e. The topological polar surface area (TPSA) is 60.4 Å². The molecule has 0 radical (unpaired) electrons. The van der Waals surface area contributed by atoms with Gasteiger partial charge in [-0.05, 0) is 37.8 Å². The standard InChI is InChI=1S/C25H34N6/c1-5-9-18-14-22(11-7-3)30-16-20(28-24(30)26-18)13-21-17-31-23(12-8-4)15-19(10-6-2)27-25(31)29-21/h14-17H,5-13H2,1-4H3. The Bertz CT molecular complexity index is 1080. The van der Waals surface area contributed by atoms with Crippen LogP contribution in [0.4, 0.5) is 0 Å². The lowest BCUT2D eigenvalue weighted by atomic mass is 10.2. The summed E-state index contributed by atoms with van der Waals surface area (Å²) in [6.45, 7) is 8.82. The second-order valence-electron chi connectivity index (χ2n) is 8.46. The van der Waals surface area contributed by atoms with Crippen LogP contribution in [-0.2, 0) is 32.1 Å². The SMILES string of the molecule is CCCc1cc(CCC)n2cc(Cc3cn4c(CCC)cc(CCC)nc4n3)nc2n1. The van der Waals surface area contributed by atoms with Crippen LogP contribution in [0.2, 0.25) is 0 Å². The van der Waals surface area contributed by atoms with Crippen molar-refractivity contribution in [1.82, 2.24) is 28.7 Å². The van der Waals surface area contributed by atoms with Gasteiger partial charge in [0.05, 0.1) is 11.4 Å². The Hall–Kier alpha value is -2.76. The van der Waals surface area contributed by atoms with Gasteiger partial charge in [-0.25, -0.2) is 19.9 Å². The number of rotatable bonds is 10. The van der Waals surface area contributed by atoms with E-state index >= 15 is 0 Å². The zero-order valence-corrected chi connectivity index (χ0v) is 19.4. The van der Waals surface area contributed by atoms with Crippen molar-refractivity contribution >= 4 is 11.6 Å². The molecule has 4 rings (SSSR count). The Kier molecular flexibility index (Phi) is 6.64. The Morgan fingerprint density at radius 3 is 1.32 bits per heavy atom. The molecule has 0 saturated carbocycles. The van der Waals surface area contributed by atoms with Crippen molar-refractivity contribution in [3.63, 3.8) is 0 Å². The quantitative estimate of drug-likeness (QED) is 0.356. The summed E-state index contributed by atoms with van der Waals surface area (Å²) in [5.41, 5.74) is 6.88. The maximum Gasteiger partial charge on any atom is 0.234 e. The molecule has 6 nitrogen and oxygen atoms in total. The average molecular weight is 419 g/mol. The third-order valence-corrected chi connectivity index (χ3v) is 5.63. The van der Waals surface area contributed by atoms with E-state index in [4.69, 9.17) is 19.9 Å². The fraction of sp³-hybridized carbons (Fsp3) is 0.520. The minimum Gasteiger partial charge on any atom is -0.288 e. The number of fused-ring (bicyclic) bond motifs is 2. The lowest BCUT2D eigenvalue weighted by Crippen LogP contribution is -2.01. The van der Waals surface area contributed by atoms with Gasteiger partial charge in [-0.1, -0.05) is 53.4 Å². The van der Waals surface area contributed by atoms with E-state index in [0.29, 0.717) is 6.42 Å². The molecular formula is C25H34N6. The van der Waals surface area contributed by atoms with Crippen molar-refractivity contribution in [2.24, 2.45) is 0 Å². The summed E-state index contributed by atoms with van der Waals surface area (Å²) in [7, 11) is 0. The van der Waals surface area contributed by atoms with Crippen LogP contribution in [-0.4, -0.2) is 28.7 Å². The second-order valence-corrected chi connectivity index (χ2v) is 8.46. The predicted octanol–water partition coefficient (Wildman–Crippen LogP) is 5.17. The molecule has 0 atom stereocenters. The van der Waals surface area contributed by atoms with Crippen LogP contribution in [0.25, 0.3) is 11.6 Å². The fourth-order valence-corrected chi connectivity index (χ4v) is 4.28. The predicted molar refractivity (Wildman–Crippen MR) is 125 cm³/mol. The summed E-state index contributed by atoms with van der Waals surface area (Å²) >= 11 is 0. The van der Waals surface area contributed by atoms with E-state index in [1.54, 1.807) is 0 Å². The van der Waals surface area contributed by atoms with Crippen LogP contribution in [0.15, 0.2) is 24.5 Å². The number of nitrogens with zero attached hydrogens (tertiary/aromatic N) is 6. The molecule has 0 aliphatic carbocycles. The maximum atomic E-state index is 4.85. The fourth-order valence-electron chi connectivity index (χ4n) is 4.28. The first-order valence-corrected chi connectivity index (χ1v) is 11.9. The summed E-state index contributed by atoms with van der Waals surface area (Å²) in [5, 5.41) is 0. The molecule has 0 fully saturated rings. The van der Waals surface area contributed by atoms with Crippen LogP contribution in [0.3, 0.4) is 0 Å². The molecule has 0 aliphatic rings. The molecule has 0 amide bonds. The normalized spacial score (nSPS) is 11.7. The molecule has 4 aromatic heterocycles. The van der Waals surface area contributed by atoms with Crippen LogP contribution in [0, 0.1) is 0 Å². The van der Waals surface area contributed by atoms with Gasteiger partial charge >= 0.3 is 0 Å². The van der Waals surface area contributed by atoms with Gasteiger partial charge in [-0.2, -0.15) is 0 Å². The van der Waals surface area contributed by atoms with Crippen molar-refractivity contribution in [2.45, 2.75) is 85.5 Å². The molecule has 164 valence electrons. The lowest BCUT2D eigenvalue weighted by Gasteiger charge is -2.06. The molecule has 4 heterocycles. The summed E-state index contributed by atoms with van der Waals surface area (Å²) in [5.74, 6) is 1.62. The molecule has 0 aromatic carbocycles. The first kappa shape index (κ1) is 21.5. The molecule has 4 aromatic rings. The van der Waals surface area contributed by atoms with E-state index in [0.717, 1.165) is 85.7 Å². The van der Waals surface area contributed by atoms with Crippen LogP contribution < -0.4 is 0 Å². The summed E-state index contributed by atoms with van der Waals surface area (Å²) < 4.78 is 4.32. The highest BCUT2D eigenvalue weighted by Crippen LogP contribution is 2.17. The van der Waals surface area contributed by atoms with Crippen LogP contribution in [0.1, 0.15) is 87.5 Å². The van der Waals surface area contributed by atoms with Gasteiger partial charge < -0.3 is 0 Å². The molecule has 0 saturated heterocycles. The van der Waals surface area contributed by atoms with E-state index < -0.39 is 0 Å². The van der Waals surface area contributed by atoms with Gasteiger partial charge in [-0.15, -0.1) is 0 Å². The van der Waals surface area contributed by atoms with Crippen molar-refractivity contribution in [3.8, 4) is 0 Å². The van der Waals surface area contributed by atoms with Gasteiger partial charge in [0.25, 0.3) is 0 Å². The lowest BCUT2D eigenvalue weighted by molar-refractivity contribution is 0.818. The molecular weight excluding hydrogens is 384 g/mol. The summed E-state index contributed by atoms with van der Waals surface area (Å²) in [6, 6.07) is 4.49. The van der Waals surface area contributed by atoms with E-state index in [1.807, 2.05) is 0 Å². The molecule has 31 heavy (non-hydrogen) atoms. The van der Waals surface area contributed by atoms with Crippen molar-refractivity contribution in [2.75, 3.05) is 0 Å². The molecule has 0 N–H and O–H groups in total. The van der Waals surface area contributed by atoms with E-state index in [-0.39, 0.29) is 0 Å². The van der Waals surface area contributed by atoms with Crippen LogP contribution >= 0.6 is 0 Å². The third kappa shape index (κ3) is 4.63. The Morgan fingerprint density at radius 2 is 0.935 bits per heavy atom. The highest BCUT2D eigenvalue weighted by atomic mass is 15.1. The third-order valence-electron chi connectivity index (χ3n) is 5.63. The Balaban J connectivity index is 1.69. The molecule has 0 spiro atoms. The Labute approximate surface area is 184 Å². The highest BCUT2D eigenvalue weighted by Gasteiger charge is 2.13. The second kappa shape index (κ2) is 9.58. The van der Waals surface area contributed by atoms with Gasteiger partial charge in [0.1, 0.15) is 0 Å². The molecule has 0 unspecified atom stereocenters. The zero-order chi connectivity index (χ0) is 21.8. The first-order chi connectivity index (χ1) is 15.1. The highest BCUT2D eigenvalue weighted by molar-refractivity contribution is 5.39. The summed E-state index contributed by atoms with van der Waals surface area (Å²) in [4.78, 5) is 19.3. The summed E-state index contributed by atoms with van der Waals surface area (Å²) in [6.07, 6.45) is 13.4. The minimum absolute atomic E-state index is 0.691. The van der Waals surface area contributed by atoms with E-state index in [2.05, 4.69) is 61.0 Å². The van der Waals surface area contributed by atoms with Gasteiger partial charge in [0, 0.05) is 41.6 Å². The average Bonchev–Trinajstić information content (AvgIpc) is 3.32. The molecule has 6 heteroatoms. The van der Waals surface area contributed by atoms with Gasteiger partial charge in [-0.3, -0.25) is 8.80 Å². The van der Waals surface area contributed by atoms with Crippen LogP contribution in [0.5, 0.6) is 0 Å².